The Morgan fingerprint density at radius 1 is 1.06 bits per heavy atom. The van der Waals surface area contributed by atoms with E-state index in [0.717, 1.165) is 4.90 Å². The average Bonchev–Trinajstić information content (AvgIpc) is 2.78. The van der Waals surface area contributed by atoms with Gasteiger partial charge in [-0.1, -0.05) is 29.8 Å². The Kier molecular flexibility index (Phi) is 8.19. The molecule has 2 aromatic rings. The number of hydrogen-bond acceptors (Lipinski definition) is 5. The summed E-state index contributed by atoms with van der Waals surface area (Å²) < 4.78 is 5.09. The number of anilines is 2. The van der Waals surface area contributed by atoms with Crippen molar-refractivity contribution in [2.24, 2.45) is 11.8 Å². The molecule has 0 saturated carbocycles. The summed E-state index contributed by atoms with van der Waals surface area (Å²) in [4.78, 5) is 37.2. The molecule has 2 aromatic carbocycles. The van der Waals surface area contributed by atoms with Crippen molar-refractivity contribution in [2.45, 2.75) is 17.7 Å². The molecule has 0 spiro atoms. The van der Waals surface area contributed by atoms with Crippen molar-refractivity contribution in [3.63, 3.8) is 0 Å². The highest BCUT2D eigenvalue weighted by atomic mass is 35.5. The highest BCUT2D eigenvalue weighted by Gasteiger charge is 2.33. The zero-order valence-corrected chi connectivity index (χ0v) is 18.9. The van der Waals surface area contributed by atoms with Crippen LogP contribution in [0, 0.1) is 11.8 Å². The predicted octanol–water partition coefficient (Wildman–Crippen LogP) is 4.68. The quantitative estimate of drug-likeness (QED) is 0.379. The molecule has 2 atom stereocenters. The van der Waals surface area contributed by atoms with Gasteiger partial charge in [0.25, 0.3) is 0 Å². The largest absolute Gasteiger partial charge is 0.495 e. The maximum atomic E-state index is 12.6. The van der Waals surface area contributed by atoms with Gasteiger partial charge in [0.05, 0.1) is 29.7 Å². The Morgan fingerprint density at radius 3 is 2.47 bits per heavy atom. The second kappa shape index (κ2) is 11.1. The molecule has 9 heteroatoms. The molecule has 0 bridgehead atoms. The molecule has 3 N–H and O–H groups in total. The first kappa shape index (κ1) is 23.7. The van der Waals surface area contributed by atoms with Crippen molar-refractivity contribution in [3.05, 3.63) is 59.6 Å². The fourth-order valence-corrected chi connectivity index (χ4v) is 4.38. The highest BCUT2D eigenvalue weighted by molar-refractivity contribution is 8.00. The van der Waals surface area contributed by atoms with E-state index in [2.05, 4.69) is 10.6 Å². The van der Waals surface area contributed by atoms with Crippen LogP contribution in [0.2, 0.25) is 5.02 Å². The molecule has 2 amide bonds. The first-order valence-corrected chi connectivity index (χ1v) is 11.3. The summed E-state index contributed by atoms with van der Waals surface area (Å²) in [5, 5.41) is 15.4. The lowest BCUT2D eigenvalue weighted by atomic mass is 9.82. The number of amides is 2. The van der Waals surface area contributed by atoms with Gasteiger partial charge in [-0.25, -0.2) is 0 Å². The van der Waals surface area contributed by atoms with Gasteiger partial charge in [-0.05, 0) is 49.2 Å². The summed E-state index contributed by atoms with van der Waals surface area (Å²) in [5.41, 5.74) is 1.12. The Bertz CT molecular complexity index is 1040. The van der Waals surface area contributed by atoms with Crippen LogP contribution in [-0.4, -0.2) is 35.8 Å². The number of nitrogens with one attached hydrogen (secondary N) is 2. The summed E-state index contributed by atoms with van der Waals surface area (Å²) in [6.07, 6.45) is 4.37. The number of halogens is 1. The first-order valence-electron chi connectivity index (χ1n) is 9.92. The van der Waals surface area contributed by atoms with Crippen molar-refractivity contribution >= 4 is 52.5 Å². The first-order chi connectivity index (χ1) is 15.4. The van der Waals surface area contributed by atoms with Gasteiger partial charge < -0.3 is 20.5 Å². The van der Waals surface area contributed by atoms with E-state index in [1.807, 2.05) is 12.1 Å². The summed E-state index contributed by atoms with van der Waals surface area (Å²) in [5.74, 6) is -2.15. The van der Waals surface area contributed by atoms with E-state index in [4.69, 9.17) is 16.3 Å². The number of ether oxygens (including phenoxy) is 1. The molecule has 0 radical (unpaired) electrons. The smallest absolute Gasteiger partial charge is 0.307 e. The van der Waals surface area contributed by atoms with Crippen molar-refractivity contribution < 1.29 is 24.2 Å². The lowest BCUT2D eigenvalue weighted by Crippen LogP contribution is -2.34. The Hall–Kier alpha value is -2.97. The van der Waals surface area contributed by atoms with Crippen LogP contribution in [0.5, 0.6) is 5.75 Å². The van der Waals surface area contributed by atoms with E-state index in [-0.39, 0.29) is 17.6 Å². The van der Waals surface area contributed by atoms with Gasteiger partial charge in [-0.15, -0.1) is 11.8 Å². The minimum Gasteiger partial charge on any atom is -0.495 e. The third kappa shape index (κ3) is 6.27. The van der Waals surface area contributed by atoms with E-state index >= 15 is 0 Å². The van der Waals surface area contributed by atoms with Crippen molar-refractivity contribution in [1.82, 2.24) is 0 Å². The molecule has 1 aliphatic carbocycles. The van der Waals surface area contributed by atoms with Gasteiger partial charge in [0, 0.05) is 16.3 Å². The van der Waals surface area contributed by atoms with E-state index < -0.39 is 17.8 Å². The second-order valence-electron chi connectivity index (χ2n) is 7.20. The van der Waals surface area contributed by atoms with E-state index in [9.17, 15) is 19.5 Å². The zero-order valence-electron chi connectivity index (χ0n) is 17.3. The third-order valence-corrected chi connectivity index (χ3v) is 6.28. The summed E-state index contributed by atoms with van der Waals surface area (Å²) in [7, 11) is 1.52. The number of thioether (sulfide) groups is 1. The van der Waals surface area contributed by atoms with Crippen molar-refractivity contribution in [1.29, 1.82) is 0 Å². The number of rotatable bonds is 8. The average molecular weight is 475 g/mol. The number of benzene rings is 2. The number of hydrogen-bond donors (Lipinski definition) is 3. The van der Waals surface area contributed by atoms with Gasteiger partial charge >= 0.3 is 5.97 Å². The predicted molar refractivity (Wildman–Crippen MR) is 125 cm³/mol. The van der Waals surface area contributed by atoms with Crippen LogP contribution in [0.15, 0.2) is 59.5 Å². The fourth-order valence-electron chi connectivity index (χ4n) is 3.37. The van der Waals surface area contributed by atoms with Crippen LogP contribution in [0.1, 0.15) is 12.8 Å². The number of carbonyl (C=O) groups is 3. The second-order valence-corrected chi connectivity index (χ2v) is 8.65. The van der Waals surface area contributed by atoms with E-state index in [1.165, 1.54) is 18.9 Å². The topological polar surface area (TPSA) is 105 Å². The SMILES string of the molecule is COc1ccc(NC(=O)CSc2cccc(NC(=O)C3CC=CCC3C(=O)O)c2)cc1Cl. The number of allylic oxidation sites excluding steroid dienone is 2. The standard InChI is InChI=1S/C23H23ClN2O5S/c1-31-20-10-9-15(12-19(20)24)25-21(27)13-32-16-6-4-5-14(11-16)26-22(28)17-7-2-3-8-18(17)23(29)30/h2-6,9-12,17-18H,7-8,13H2,1H3,(H,25,27)(H,26,28)(H,29,30). The molecule has 1 aliphatic rings. The van der Waals surface area contributed by atoms with Crippen LogP contribution in [-0.2, 0) is 14.4 Å². The lowest BCUT2D eigenvalue weighted by Gasteiger charge is -2.24. The van der Waals surface area contributed by atoms with Gasteiger partial charge in [-0.3, -0.25) is 14.4 Å². The molecule has 0 aromatic heterocycles. The number of aliphatic carboxylic acids is 1. The van der Waals surface area contributed by atoms with Crippen LogP contribution in [0.4, 0.5) is 11.4 Å². The lowest BCUT2D eigenvalue weighted by molar-refractivity contribution is -0.146. The Balaban J connectivity index is 1.56. The summed E-state index contributed by atoms with van der Waals surface area (Å²) in [6.45, 7) is 0. The minimum atomic E-state index is -0.969. The molecule has 3 rings (SSSR count). The molecule has 168 valence electrons. The molecular weight excluding hydrogens is 452 g/mol. The van der Waals surface area contributed by atoms with Crippen LogP contribution in [0.3, 0.4) is 0 Å². The Morgan fingerprint density at radius 2 is 1.78 bits per heavy atom. The van der Waals surface area contributed by atoms with E-state index in [0.29, 0.717) is 35.0 Å². The van der Waals surface area contributed by atoms with Crippen LogP contribution >= 0.6 is 23.4 Å². The van der Waals surface area contributed by atoms with Crippen molar-refractivity contribution in [2.75, 3.05) is 23.5 Å². The summed E-state index contributed by atoms with van der Waals surface area (Å²) >= 11 is 7.39. The maximum Gasteiger partial charge on any atom is 0.307 e. The van der Waals surface area contributed by atoms with E-state index in [1.54, 1.807) is 42.5 Å². The third-order valence-electron chi connectivity index (χ3n) is 4.99. The van der Waals surface area contributed by atoms with Gasteiger partial charge in [0.1, 0.15) is 5.75 Å². The zero-order chi connectivity index (χ0) is 23.1. The van der Waals surface area contributed by atoms with Gasteiger partial charge in [0.15, 0.2) is 0 Å². The minimum absolute atomic E-state index is 0.162. The fraction of sp³-hybridized carbons (Fsp3) is 0.261. The molecule has 0 heterocycles. The normalized spacial score (nSPS) is 17.4. The molecular formula is C23H23ClN2O5S. The molecule has 7 nitrogen and oxygen atoms in total. The van der Waals surface area contributed by atoms with Crippen molar-refractivity contribution in [3.8, 4) is 5.75 Å². The number of carbonyl (C=O) groups excluding carboxylic acids is 2. The van der Waals surface area contributed by atoms with Gasteiger partial charge in [-0.2, -0.15) is 0 Å². The summed E-state index contributed by atoms with van der Waals surface area (Å²) in [6, 6.07) is 12.1. The molecule has 0 aliphatic heterocycles. The van der Waals surface area contributed by atoms with Crippen LogP contribution < -0.4 is 15.4 Å². The highest BCUT2D eigenvalue weighted by Crippen LogP contribution is 2.29. The molecule has 32 heavy (non-hydrogen) atoms. The number of methoxy groups -OCH3 is 1. The molecule has 0 fully saturated rings. The number of carboxylic acids is 1. The van der Waals surface area contributed by atoms with Gasteiger partial charge in [0.2, 0.25) is 11.8 Å². The Labute approximate surface area is 195 Å². The maximum absolute atomic E-state index is 12.6. The molecule has 0 saturated heterocycles. The molecule has 2 unspecified atom stereocenters. The van der Waals surface area contributed by atoms with Crippen LogP contribution in [0.25, 0.3) is 0 Å². The monoisotopic (exact) mass is 474 g/mol. The number of carboxylic acid groups (broad SMARTS) is 1.